The maximum Gasteiger partial charge on any atom is 0.0819 e. The van der Waals surface area contributed by atoms with E-state index in [9.17, 15) is 5.11 Å². The van der Waals surface area contributed by atoms with Crippen molar-refractivity contribution in [1.82, 2.24) is 4.90 Å². The summed E-state index contributed by atoms with van der Waals surface area (Å²) in [7, 11) is 2.26. The Kier molecular flexibility index (Phi) is 4.37. The zero-order valence-corrected chi connectivity index (χ0v) is 13.6. The molecule has 0 saturated carbocycles. The molecule has 0 aromatic heterocycles. The molecule has 0 radical (unpaired) electrons. The van der Waals surface area contributed by atoms with E-state index in [0.717, 1.165) is 24.8 Å². The van der Waals surface area contributed by atoms with E-state index < -0.39 is 0 Å². The van der Waals surface area contributed by atoms with Gasteiger partial charge < -0.3 is 10.0 Å². The van der Waals surface area contributed by atoms with Crippen molar-refractivity contribution in [2.45, 2.75) is 64.1 Å². The van der Waals surface area contributed by atoms with Crippen LogP contribution < -0.4 is 0 Å². The van der Waals surface area contributed by atoms with Crippen LogP contribution in [0.3, 0.4) is 0 Å². The largest absolute Gasteiger partial charge is 0.388 e. The molecule has 2 aliphatic rings. The van der Waals surface area contributed by atoms with Gasteiger partial charge >= 0.3 is 0 Å². The lowest BCUT2D eigenvalue weighted by Crippen LogP contribution is -2.41. The zero-order chi connectivity index (χ0) is 15.0. The van der Waals surface area contributed by atoms with Crippen LogP contribution in [0.5, 0.6) is 0 Å². The highest BCUT2D eigenvalue weighted by atomic mass is 16.3. The van der Waals surface area contributed by atoms with Gasteiger partial charge in [0.1, 0.15) is 0 Å². The Labute approximate surface area is 129 Å². The SMILES string of the molecule is CC(C)Cc1cccc(C(O)C2CC3CCC(C2)N3C)c1. The Bertz CT molecular complexity index is 470. The lowest BCUT2D eigenvalue weighted by atomic mass is 9.83. The first kappa shape index (κ1) is 15.1. The average molecular weight is 287 g/mol. The molecule has 2 heterocycles. The normalized spacial score (nSPS) is 30.8. The molecule has 0 aliphatic carbocycles. The molecule has 2 fully saturated rings. The maximum atomic E-state index is 10.8. The van der Waals surface area contributed by atoms with E-state index in [1.54, 1.807) is 0 Å². The Morgan fingerprint density at radius 2 is 1.86 bits per heavy atom. The van der Waals surface area contributed by atoms with E-state index in [2.05, 4.69) is 50.1 Å². The molecule has 116 valence electrons. The van der Waals surface area contributed by atoms with Crippen molar-refractivity contribution in [1.29, 1.82) is 0 Å². The summed E-state index contributed by atoms with van der Waals surface area (Å²) in [6, 6.07) is 10.0. The number of hydrogen-bond acceptors (Lipinski definition) is 2. The van der Waals surface area contributed by atoms with Crippen LogP contribution in [0.25, 0.3) is 0 Å². The molecule has 21 heavy (non-hydrogen) atoms. The molecule has 0 spiro atoms. The topological polar surface area (TPSA) is 23.5 Å². The number of rotatable bonds is 4. The molecular formula is C19H29NO. The third-order valence-electron chi connectivity index (χ3n) is 5.52. The van der Waals surface area contributed by atoms with E-state index in [4.69, 9.17) is 0 Å². The van der Waals surface area contributed by atoms with Crippen LogP contribution in [0.15, 0.2) is 24.3 Å². The van der Waals surface area contributed by atoms with Gasteiger partial charge in [-0.1, -0.05) is 38.1 Å². The van der Waals surface area contributed by atoms with Gasteiger partial charge in [0.15, 0.2) is 0 Å². The third kappa shape index (κ3) is 3.17. The molecule has 2 saturated heterocycles. The highest BCUT2D eigenvalue weighted by molar-refractivity contribution is 5.26. The number of hydrogen-bond donors (Lipinski definition) is 1. The van der Waals surface area contributed by atoms with Crippen molar-refractivity contribution in [2.24, 2.45) is 11.8 Å². The number of fused-ring (bicyclic) bond motifs is 2. The van der Waals surface area contributed by atoms with Gasteiger partial charge in [-0.05, 0) is 62.1 Å². The van der Waals surface area contributed by atoms with Crippen molar-refractivity contribution >= 4 is 0 Å². The second-order valence-corrected chi connectivity index (χ2v) is 7.57. The number of aliphatic hydroxyl groups is 1. The molecule has 2 aliphatic heterocycles. The molecule has 1 N–H and O–H groups in total. The monoisotopic (exact) mass is 287 g/mol. The lowest BCUT2D eigenvalue weighted by molar-refractivity contribution is 0.0356. The van der Waals surface area contributed by atoms with Gasteiger partial charge in [0, 0.05) is 12.1 Å². The molecule has 1 aromatic carbocycles. The van der Waals surface area contributed by atoms with Crippen molar-refractivity contribution in [3.05, 3.63) is 35.4 Å². The van der Waals surface area contributed by atoms with Crippen LogP contribution in [-0.2, 0) is 6.42 Å². The van der Waals surface area contributed by atoms with Crippen LogP contribution in [0.2, 0.25) is 0 Å². The smallest absolute Gasteiger partial charge is 0.0819 e. The van der Waals surface area contributed by atoms with E-state index in [1.807, 2.05) is 0 Å². The van der Waals surface area contributed by atoms with Crippen molar-refractivity contribution < 1.29 is 5.11 Å². The molecule has 2 bridgehead atoms. The van der Waals surface area contributed by atoms with Gasteiger partial charge in [0.2, 0.25) is 0 Å². The Hall–Kier alpha value is -0.860. The fraction of sp³-hybridized carbons (Fsp3) is 0.684. The Morgan fingerprint density at radius 3 is 2.48 bits per heavy atom. The predicted molar refractivity (Wildman–Crippen MR) is 87.2 cm³/mol. The van der Waals surface area contributed by atoms with Crippen LogP contribution in [0, 0.1) is 11.8 Å². The van der Waals surface area contributed by atoms with E-state index >= 15 is 0 Å². The molecule has 2 nitrogen and oxygen atoms in total. The maximum absolute atomic E-state index is 10.8. The van der Waals surface area contributed by atoms with E-state index in [0.29, 0.717) is 23.9 Å². The molecule has 3 rings (SSSR count). The Morgan fingerprint density at radius 1 is 1.19 bits per heavy atom. The summed E-state index contributed by atoms with van der Waals surface area (Å²) in [5, 5.41) is 10.8. The minimum absolute atomic E-state index is 0.283. The van der Waals surface area contributed by atoms with Gasteiger partial charge in [-0.2, -0.15) is 0 Å². The summed E-state index contributed by atoms with van der Waals surface area (Å²) in [6.45, 7) is 4.50. The summed E-state index contributed by atoms with van der Waals surface area (Å²) < 4.78 is 0. The number of aliphatic hydroxyl groups excluding tert-OH is 1. The highest BCUT2D eigenvalue weighted by Crippen LogP contribution is 2.42. The van der Waals surface area contributed by atoms with Crippen molar-refractivity contribution in [2.75, 3.05) is 7.05 Å². The summed E-state index contributed by atoms with van der Waals surface area (Å²) in [5.74, 6) is 1.10. The minimum Gasteiger partial charge on any atom is -0.388 e. The van der Waals surface area contributed by atoms with Crippen LogP contribution in [-0.4, -0.2) is 29.1 Å². The minimum atomic E-state index is -0.283. The van der Waals surface area contributed by atoms with Gasteiger partial charge in [0.05, 0.1) is 6.10 Å². The predicted octanol–water partition coefficient (Wildman–Crippen LogP) is 3.79. The number of piperidine rings is 1. The second kappa shape index (κ2) is 6.10. The molecular weight excluding hydrogens is 258 g/mol. The first-order chi connectivity index (χ1) is 10.0. The lowest BCUT2D eigenvalue weighted by Gasteiger charge is -2.38. The Balaban J connectivity index is 1.72. The van der Waals surface area contributed by atoms with Gasteiger partial charge in [-0.15, -0.1) is 0 Å². The zero-order valence-electron chi connectivity index (χ0n) is 13.6. The number of nitrogens with zero attached hydrogens (tertiary/aromatic N) is 1. The molecule has 1 aromatic rings. The first-order valence-electron chi connectivity index (χ1n) is 8.53. The van der Waals surface area contributed by atoms with Gasteiger partial charge in [-0.25, -0.2) is 0 Å². The standard InChI is InChI=1S/C19H29NO/c1-13(2)9-14-5-4-6-15(10-14)19(21)16-11-17-7-8-18(12-16)20(17)3/h4-6,10,13,16-19,21H,7-9,11-12H2,1-3H3. The summed E-state index contributed by atoms with van der Waals surface area (Å²) in [4.78, 5) is 2.54. The van der Waals surface area contributed by atoms with Gasteiger partial charge in [-0.3, -0.25) is 0 Å². The summed E-state index contributed by atoms with van der Waals surface area (Å²) in [5.41, 5.74) is 2.49. The second-order valence-electron chi connectivity index (χ2n) is 7.57. The average Bonchev–Trinajstić information content (AvgIpc) is 2.67. The van der Waals surface area contributed by atoms with Crippen LogP contribution in [0.4, 0.5) is 0 Å². The fourth-order valence-electron chi connectivity index (χ4n) is 4.36. The van der Waals surface area contributed by atoms with Crippen molar-refractivity contribution in [3.8, 4) is 0 Å². The summed E-state index contributed by atoms with van der Waals surface area (Å²) in [6.07, 6.45) is 5.76. The fourth-order valence-corrected chi connectivity index (χ4v) is 4.36. The van der Waals surface area contributed by atoms with Crippen LogP contribution >= 0.6 is 0 Å². The van der Waals surface area contributed by atoms with Gasteiger partial charge in [0.25, 0.3) is 0 Å². The molecule has 3 atom stereocenters. The highest BCUT2D eigenvalue weighted by Gasteiger charge is 2.40. The number of benzene rings is 1. The van der Waals surface area contributed by atoms with E-state index in [-0.39, 0.29) is 6.10 Å². The van der Waals surface area contributed by atoms with E-state index in [1.165, 1.54) is 18.4 Å². The van der Waals surface area contributed by atoms with Crippen LogP contribution in [0.1, 0.15) is 56.8 Å². The first-order valence-corrected chi connectivity index (χ1v) is 8.53. The van der Waals surface area contributed by atoms with Crippen molar-refractivity contribution in [3.63, 3.8) is 0 Å². The summed E-state index contributed by atoms with van der Waals surface area (Å²) >= 11 is 0. The molecule has 0 amide bonds. The third-order valence-corrected chi connectivity index (χ3v) is 5.52. The molecule has 3 unspecified atom stereocenters. The molecule has 2 heteroatoms. The quantitative estimate of drug-likeness (QED) is 0.910.